The summed E-state index contributed by atoms with van der Waals surface area (Å²) in [6.07, 6.45) is 11.6. The zero-order chi connectivity index (χ0) is 19.1. The molecule has 2 fully saturated rings. The lowest BCUT2D eigenvalue weighted by Gasteiger charge is -2.34. The van der Waals surface area contributed by atoms with E-state index in [9.17, 15) is 13.2 Å². The minimum absolute atomic E-state index is 0.00973. The van der Waals surface area contributed by atoms with Crippen LogP contribution in [0.4, 0.5) is 0 Å². The Kier molecular flexibility index (Phi) is 7.73. The molecule has 0 aromatic carbocycles. The first kappa shape index (κ1) is 20.8. The van der Waals surface area contributed by atoms with E-state index >= 15 is 0 Å². The van der Waals surface area contributed by atoms with Gasteiger partial charge < -0.3 is 5.32 Å². The lowest BCUT2D eigenvalue weighted by molar-refractivity contribution is -0.121. The van der Waals surface area contributed by atoms with Gasteiger partial charge in [0.15, 0.2) is 0 Å². The van der Waals surface area contributed by atoms with E-state index in [1.165, 1.54) is 43.4 Å². The van der Waals surface area contributed by atoms with E-state index < -0.39 is 10.0 Å². The molecule has 5 nitrogen and oxygen atoms in total. The summed E-state index contributed by atoms with van der Waals surface area (Å²) in [5.74, 6) is 0.832. The first-order valence-corrected chi connectivity index (χ1v) is 12.7. The van der Waals surface area contributed by atoms with E-state index in [-0.39, 0.29) is 11.9 Å². The summed E-state index contributed by atoms with van der Waals surface area (Å²) in [6.45, 7) is 1.14. The Balaban J connectivity index is 1.45. The summed E-state index contributed by atoms with van der Waals surface area (Å²) in [6, 6.07) is 3.45. The van der Waals surface area contributed by atoms with Crippen molar-refractivity contribution in [2.75, 3.05) is 13.1 Å². The van der Waals surface area contributed by atoms with Crippen LogP contribution in [0.1, 0.15) is 70.6 Å². The fourth-order valence-electron chi connectivity index (χ4n) is 4.38. The third kappa shape index (κ3) is 5.78. The van der Waals surface area contributed by atoms with Crippen LogP contribution in [0.3, 0.4) is 0 Å². The van der Waals surface area contributed by atoms with Gasteiger partial charge in [-0.15, -0.1) is 11.3 Å². The lowest BCUT2D eigenvalue weighted by atomic mass is 9.86. The fourth-order valence-corrected chi connectivity index (χ4v) is 7.23. The van der Waals surface area contributed by atoms with Crippen LogP contribution in [0.15, 0.2) is 21.7 Å². The molecule has 7 heteroatoms. The summed E-state index contributed by atoms with van der Waals surface area (Å²) in [4.78, 5) is 12.2. The van der Waals surface area contributed by atoms with Crippen LogP contribution in [-0.2, 0) is 14.8 Å². The number of carbonyl (C=O) groups excluding carboxylic acids is 1. The van der Waals surface area contributed by atoms with E-state index in [1.807, 2.05) is 0 Å². The van der Waals surface area contributed by atoms with Crippen molar-refractivity contribution in [3.63, 3.8) is 0 Å². The normalized spacial score (nSPS) is 22.6. The van der Waals surface area contributed by atoms with Gasteiger partial charge in [0, 0.05) is 25.6 Å². The monoisotopic (exact) mass is 412 g/mol. The molecule has 2 aliphatic rings. The van der Waals surface area contributed by atoms with Crippen molar-refractivity contribution in [2.45, 2.75) is 80.9 Å². The van der Waals surface area contributed by atoms with Crippen LogP contribution in [0.25, 0.3) is 0 Å². The number of piperidine rings is 1. The first-order chi connectivity index (χ1) is 13.1. The van der Waals surface area contributed by atoms with Crippen molar-refractivity contribution in [3.05, 3.63) is 17.5 Å². The highest BCUT2D eigenvalue weighted by Gasteiger charge is 2.33. The van der Waals surface area contributed by atoms with Gasteiger partial charge in [-0.3, -0.25) is 4.79 Å². The van der Waals surface area contributed by atoms with Crippen molar-refractivity contribution in [2.24, 2.45) is 5.92 Å². The summed E-state index contributed by atoms with van der Waals surface area (Å²) in [5.41, 5.74) is 0. The Morgan fingerprint density at radius 2 is 1.89 bits per heavy atom. The largest absolute Gasteiger partial charge is 0.356 e. The summed E-state index contributed by atoms with van der Waals surface area (Å²) in [5, 5.41) is 4.82. The molecule has 0 radical (unpaired) electrons. The Bertz CT molecular complexity index is 682. The van der Waals surface area contributed by atoms with Gasteiger partial charge in [0.05, 0.1) is 0 Å². The second kappa shape index (κ2) is 10.0. The van der Waals surface area contributed by atoms with Gasteiger partial charge in [-0.05, 0) is 43.0 Å². The van der Waals surface area contributed by atoms with Crippen molar-refractivity contribution in [1.82, 2.24) is 9.62 Å². The molecule has 1 aromatic heterocycles. The average Bonchev–Trinajstić information content (AvgIpc) is 3.23. The molecule has 1 saturated carbocycles. The lowest BCUT2D eigenvalue weighted by Crippen LogP contribution is -2.44. The van der Waals surface area contributed by atoms with E-state index in [0.717, 1.165) is 25.7 Å². The Labute approximate surface area is 167 Å². The van der Waals surface area contributed by atoms with Crippen LogP contribution in [0.5, 0.6) is 0 Å². The molecule has 27 heavy (non-hydrogen) atoms. The van der Waals surface area contributed by atoms with Crippen LogP contribution in [0, 0.1) is 5.92 Å². The maximum absolute atomic E-state index is 12.9. The van der Waals surface area contributed by atoms with Crippen LogP contribution in [0.2, 0.25) is 0 Å². The quantitative estimate of drug-likeness (QED) is 0.697. The molecule has 3 rings (SSSR count). The molecule has 1 saturated heterocycles. The highest BCUT2D eigenvalue weighted by Crippen LogP contribution is 2.29. The third-order valence-corrected chi connectivity index (χ3v) is 9.26. The van der Waals surface area contributed by atoms with Crippen LogP contribution < -0.4 is 5.32 Å². The zero-order valence-electron chi connectivity index (χ0n) is 16.1. The van der Waals surface area contributed by atoms with Crippen molar-refractivity contribution >= 4 is 27.3 Å². The second-order valence-electron chi connectivity index (χ2n) is 7.88. The number of sulfonamides is 1. The molecular formula is C20H32N2O3S2. The average molecular weight is 413 g/mol. The maximum Gasteiger partial charge on any atom is 0.252 e. The van der Waals surface area contributed by atoms with Crippen LogP contribution in [-0.4, -0.2) is 37.8 Å². The summed E-state index contributed by atoms with van der Waals surface area (Å²) < 4.78 is 27.8. The molecule has 1 atom stereocenters. The number of hydrogen-bond acceptors (Lipinski definition) is 4. The summed E-state index contributed by atoms with van der Waals surface area (Å²) >= 11 is 1.27. The molecule has 0 bridgehead atoms. The number of nitrogens with zero attached hydrogens (tertiary/aromatic N) is 1. The highest BCUT2D eigenvalue weighted by molar-refractivity contribution is 7.91. The van der Waals surface area contributed by atoms with E-state index in [1.54, 1.807) is 21.8 Å². The fraction of sp³-hybridized carbons (Fsp3) is 0.750. The molecule has 1 amide bonds. The van der Waals surface area contributed by atoms with Gasteiger partial charge in [-0.2, -0.15) is 4.31 Å². The predicted molar refractivity (Wildman–Crippen MR) is 109 cm³/mol. The number of rotatable bonds is 8. The summed E-state index contributed by atoms with van der Waals surface area (Å²) in [7, 11) is -3.40. The van der Waals surface area contributed by atoms with Gasteiger partial charge >= 0.3 is 0 Å². The smallest absolute Gasteiger partial charge is 0.252 e. The molecule has 1 aromatic rings. The van der Waals surface area contributed by atoms with Crippen molar-refractivity contribution < 1.29 is 13.2 Å². The van der Waals surface area contributed by atoms with Gasteiger partial charge in [0.25, 0.3) is 10.0 Å². The highest BCUT2D eigenvalue weighted by atomic mass is 32.2. The molecule has 2 heterocycles. The van der Waals surface area contributed by atoms with Gasteiger partial charge in [-0.25, -0.2) is 8.42 Å². The SMILES string of the molecule is O=C(CCC1CCCCC1)NCCC1CCCCN1S(=O)(=O)c1cccs1. The standard InChI is InChI=1S/C20H32N2O3S2/c23-19(12-11-17-7-2-1-3-8-17)21-14-13-18-9-4-5-15-22(18)27(24,25)20-10-6-16-26-20/h6,10,16-18H,1-5,7-9,11-15H2,(H,21,23). The minimum Gasteiger partial charge on any atom is -0.356 e. The van der Waals surface area contributed by atoms with E-state index in [4.69, 9.17) is 0 Å². The zero-order valence-corrected chi connectivity index (χ0v) is 17.7. The van der Waals surface area contributed by atoms with E-state index in [2.05, 4.69) is 5.32 Å². The number of nitrogens with one attached hydrogen (secondary N) is 1. The third-order valence-electron chi connectivity index (χ3n) is 5.94. The van der Waals surface area contributed by atoms with Gasteiger partial charge in [0.1, 0.15) is 4.21 Å². The molecule has 1 aliphatic heterocycles. The van der Waals surface area contributed by atoms with Crippen molar-refractivity contribution in [3.8, 4) is 0 Å². The van der Waals surface area contributed by atoms with Crippen molar-refractivity contribution in [1.29, 1.82) is 0 Å². The number of hydrogen-bond donors (Lipinski definition) is 1. The van der Waals surface area contributed by atoms with Gasteiger partial charge in [0.2, 0.25) is 5.91 Å². The predicted octanol–water partition coefficient (Wildman–Crippen LogP) is 4.16. The minimum atomic E-state index is -3.40. The Morgan fingerprint density at radius 1 is 1.11 bits per heavy atom. The van der Waals surface area contributed by atoms with Gasteiger partial charge in [-0.1, -0.05) is 44.6 Å². The van der Waals surface area contributed by atoms with E-state index in [0.29, 0.717) is 36.1 Å². The Morgan fingerprint density at radius 3 is 2.63 bits per heavy atom. The Hall–Kier alpha value is -0.920. The molecule has 1 unspecified atom stereocenters. The number of thiophene rings is 1. The van der Waals surface area contributed by atoms with Crippen LogP contribution >= 0.6 is 11.3 Å². The number of carbonyl (C=O) groups is 1. The molecule has 1 N–H and O–H groups in total. The topological polar surface area (TPSA) is 66.5 Å². The molecule has 152 valence electrons. The first-order valence-electron chi connectivity index (χ1n) is 10.4. The maximum atomic E-state index is 12.9. The molecule has 1 aliphatic carbocycles. The molecule has 0 spiro atoms. The second-order valence-corrected chi connectivity index (χ2v) is 10.9. The molecular weight excluding hydrogens is 380 g/mol. The number of amides is 1.